The van der Waals surface area contributed by atoms with Gasteiger partial charge in [0.15, 0.2) is 15.8 Å². The van der Waals surface area contributed by atoms with Gasteiger partial charge in [-0.2, -0.15) is 0 Å². The molecule has 0 aromatic heterocycles. The number of ether oxygens (including phenoxy) is 1. The Morgan fingerprint density at radius 3 is 2.48 bits per heavy atom. The van der Waals surface area contributed by atoms with Gasteiger partial charge in [-0.25, -0.2) is 8.42 Å². The van der Waals surface area contributed by atoms with Gasteiger partial charge in [-0.1, -0.05) is 24.3 Å². The Labute approximate surface area is 151 Å². The summed E-state index contributed by atoms with van der Waals surface area (Å²) in [4.78, 5) is 4.20. The van der Waals surface area contributed by atoms with Gasteiger partial charge in [-0.05, 0) is 36.3 Å². The van der Waals surface area contributed by atoms with Gasteiger partial charge >= 0.3 is 0 Å². The molecule has 0 unspecified atom stereocenters. The fourth-order valence-electron chi connectivity index (χ4n) is 2.38. The zero-order valence-corrected chi connectivity index (χ0v) is 15.9. The molecule has 0 heterocycles. The highest BCUT2D eigenvalue weighted by Crippen LogP contribution is 2.28. The standard InChI is InChI=1S/C18H29N3O3S/c1-19-18(20-10-3-11-24-13-16-6-7-16)21-12-15-4-8-17(9-5-15)14-25(2,22)23/h4-5,8-9,16H,3,6-7,10-14H2,1-2H3,(H2,19,20,21). The van der Waals surface area contributed by atoms with Crippen LogP contribution in [0, 0.1) is 5.92 Å². The number of nitrogens with zero attached hydrogens (tertiary/aromatic N) is 1. The number of aliphatic imine (C=N–C) groups is 1. The van der Waals surface area contributed by atoms with Crippen LogP contribution in [0.3, 0.4) is 0 Å². The minimum atomic E-state index is -2.99. The number of benzene rings is 1. The van der Waals surface area contributed by atoms with E-state index in [1.165, 1.54) is 19.1 Å². The van der Waals surface area contributed by atoms with Crippen LogP contribution in [0.1, 0.15) is 30.4 Å². The molecule has 0 amide bonds. The van der Waals surface area contributed by atoms with Gasteiger partial charge < -0.3 is 15.4 Å². The van der Waals surface area contributed by atoms with Gasteiger partial charge in [0, 0.05) is 39.6 Å². The smallest absolute Gasteiger partial charge is 0.191 e. The lowest BCUT2D eigenvalue weighted by atomic mass is 10.1. The normalized spacial score (nSPS) is 15.2. The summed E-state index contributed by atoms with van der Waals surface area (Å²) in [6.45, 7) is 3.14. The predicted molar refractivity (Wildman–Crippen MR) is 101 cm³/mol. The lowest BCUT2D eigenvalue weighted by molar-refractivity contribution is 0.123. The van der Waals surface area contributed by atoms with E-state index in [1.807, 2.05) is 24.3 Å². The molecule has 2 rings (SSSR count). The third kappa shape index (κ3) is 8.88. The Hall–Kier alpha value is -1.60. The van der Waals surface area contributed by atoms with Crippen LogP contribution in [0.2, 0.25) is 0 Å². The minimum absolute atomic E-state index is 0.0761. The van der Waals surface area contributed by atoms with Crippen LogP contribution >= 0.6 is 0 Å². The molecule has 1 aromatic rings. The van der Waals surface area contributed by atoms with Gasteiger partial charge in [0.1, 0.15) is 0 Å². The summed E-state index contributed by atoms with van der Waals surface area (Å²) in [5.74, 6) is 1.64. The molecule has 0 spiro atoms. The number of rotatable bonds is 10. The SMILES string of the molecule is CN=C(NCCCOCC1CC1)NCc1ccc(CS(C)(=O)=O)cc1. The number of hydrogen-bond donors (Lipinski definition) is 2. The van der Waals surface area contributed by atoms with E-state index in [4.69, 9.17) is 4.74 Å². The number of hydrogen-bond acceptors (Lipinski definition) is 4. The topological polar surface area (TPSA) is 79.8 Å². The van der Waals surface area contributed by atoms with Crippen LogP contribution < -0.4 is 10.6 Å². The van der Waals surface area contributed by atoms with Crippen LogP contribution in [0.15, 0.2) is 29.3 Å². The molecule has 1 aliphatic carbocycles. The number of nitrogens with one attached hydrogen (secondary N) is 2. The average Bonchev–Trinajstić information content (AvgIpc) is 3.38. The Morgan fingerprint density at radius 1 is 1.20 bits per heavy atom. The van der Waals surface area contributed by atoms with E-state index in [2.05, 4.69) is 15.6 Å². The van der Waals surface area contributed by atoms with E-state index >= 15 is 0 Å². The third-order valence-corrected chi connectivity index (χ3v) is 4.80. The van der Waals surface area contributed by atoms with Crippen LogP contribution in [0.4, 0.5) is 0 Å². The van der Waals surface area contributed by atoms with Crippen molar-refractivity contribution in [1.82, 2.24) is 10.6 Å². The van der Waals surface area contributed by atoms with Gasteiger partial charge in [-0.15, -0.1) is 0 Å². The largest absolute Gasteiger partial charge is 0.381 e. The summed E-state index contributed by atoms with van der Waals surface area (Å²) in [5.41, 5.74) is 1.88. The van der Waals surface area contributed by atoms with Crippen LogP contribution in [-0.4, -0.2) is 47.4 Å². The molecule has 1 fully saturated rings. The summed E-state index contributed by atoms with van der Waals surface area (Å²) in [7, 11) is -1.25. The van der Waals surface area contributed by atoms with E-state index < -0.39 is 9.84 Å². The molecule has 0 aliphatic heterocycles. The summed E-state index contributed by atoms with van der Waals surface area (Å²) < 4.78 is 28.2. The Bertz CT molecular complexity index is 653. The van der Waals surface area contributed by atoms with Gasteiger partial charge in [-0.3, -0.25) is 4.99 Å². The van der Waals surface area contributed by atoms with E-state index in [-0.39, 0.29) is 5.75 Å². The lowest BCUT2D eigenvalue weighted by Gasteiger charge is -2.12. The zero-order valence-electron chi connectivity index (χ0n) is 15.1. The average molecular weight is 368 g/mol. The first-order chi connectivity index (χ1) is 12.0. The molecule has 1 aromatic carbocycles. The maximum atomic E-state index is 11.3. The van der Waals surface area contributed by atoms with Crippen molar-refractivity contribution in [3.63, 3.8) is 0 Å². The molecule has 1 aliphatic rings. The summed E-state index contributed by atoms with van der Waals surface area (Å²) in [5, 5.41) is 6.52. The highest BCUT2D eigenvalue weighted by atomic mass is 32.2. The van der Waals surface area contributed by atoms with Crippen molar-refractivity contribution >= 4 is 15.8 Å². The second kappa shape index (κ2) is 9.77. The fraction of sp³-hybridized carbons (Fsp3) is 0.611. The predicted octanol–water partition coefficient (Wildman–Crippen LogP) is 1.71. The van der Waals surface area contributed by atoms with Gasteiger partial charge in [0.2, 0.25) is 0 Å². The first-order valence-electron chi connectivity index (χ1n) is 8.74. The number of sulfone groups is 1. The second-order valence-electron chi connectivity index (χ2n) is 6.61. The second-order valence-corrected chi connectivity index (χ2v) is 8.75. The van der Waals surface area contributed by atoms with Crippen LogP contribution in [-0.2, 0) is 26.9 Å². The molecule has 0 radical (unpaired) electrons. The van der Waals surface area contributed by atoms with Crippen LogP contribution in [0.25, 0.3) is 0 Å². The molecule has 0 atom stereocenters. The van der Waals surface area contributed by atoms with Gasteiger partial charge in [0.05, 0.1) is 5.75 Å². The van der Waals surface area contributed by atoms with Gasteiger partial charge in [0.25, 0.3) is 0 Å². The molecule has 2 N–H and O–H groups in total. The molecule has 0 bridgehead atoms. The number of guanidine groups is 1. The first kappa shape index (κ1) is 19.7. The lowest BCUT2D eigenvalue weighted by Crippen LogP contribution is -2.37. The summed E-state index contributed by atoms with van der Waals surface area (Å²) >= 11 is 0. The summed E-state index contributed by atoms with van der Waals surface area (Å²) in [6.07, 6.45) is 4.84. The Balaban J connectivity index is 1.63. The maximum Gasteiger partial charge on any atom is 0.191 e. The molecule has 1 saturated carbocycles. The van der Waals surface area contributed by atoms with Crippen LogP contribution in [0.5, 0.6) is 0 Å². The van der Waals surface area contributed by atoms with E-state index in [0.29, 0.717) is 6.54 Å². The quantitative estimate of drug-likeness (QED) is 0.374. The molecular weight excluding hydrogens is 338 g/mol. The van der Waals surface area contributed by atoms with Crippen molar-refractivity contribution in [3.05, 3.63) is 35.4 Å². The first-order valence-corrected chi connectivity index (χ1v) is 10.8. The molecule has 25 heavy (non-hydrogen) atoms. The van der Waals surface area contributed by atoms with E-state index in [0.717, 1.165) is 49.2 Å². The van der Waals surface area contributed by atoms with Crippen molar-refractivity contribution in [2.24, 2.45) is 10.9 Å². The monoisotopic (exact) mass is 367 g/mol. The highest BCUT2D eigenvalue weighted by molar-refractivity contribution is 7.89. The Kier molecular flexibility index (Phi) is 7.71. The third-order valence-electron chi connectivity index (χ3n) is 3.94. The maximum absolute atomic E-state index is 11.3. The molecule has 6 nitrogen and oxygen atoms in total. The fourth-order valence-corrected chi connectivity index (χ4v) is 3.18. The van der Waals surface area contributed by atoms with Crippen molar-refractivity contribution in [1.29, 1.82) is 0 Å². The molecule has 140 valence electrons. The van der Waals surface area contributed by atoms with Crippen molar-refractivity contribution < 1.29 is 13.2 Å². The molecule has 7 heteroatoms. The molecule has 0 saturated heterocycles. The van der Waals surface area contributed by atoms with E-state index in [9.17, 15) is 8.42 Å². The van der Waals surface area contributed by atoms with E-state index in [1.54, 1.807) is 7.05 Å². The molecular formula is C18H29N3O3S. The minimum Gasteiger partial charge on any atom is -0.381 e. The van der Waals surface area contributed by atoms with Crippen molar-refractivity contribution in [3.8, 4) is 0 Å². The van der Waals surface area contributed by atoms with Crippen molar-refractivity contribution in [2.75, 3.05) is 33.1 Å². The highest BCUT2D eigenvalue weighted by Gasteiger charge is 2.20. The zero-order chi connectivity index (χ0) is 18.1. The Morgan fingerprint density at radius 2 is 1.88 bits per heavy atom. The summed E-state index contributed by atoms with van der Waals surface area (Å²) in [6, 6.07) is 7.58. The van der Waals surface area contributed by atoms with Crippen molar-refractivity contribution in [2.45, 2.75) is 31.6 Å².